The number of anilines is 2. The molecule has 4 atom stereocenters. The number of halogens is 1. The number of cyclic esters (lactones) is 1. The summed E-state index contributed by atoms with van der Waals surface area (Å²) in [6.07, 6.45) is -0.374. The Morgan fingerprint density at radius 2 is 2.04 bits per heavy atom. The van der Waals surface area contributed by atoms with Crippen molar-refractivity contribution in [3.63, 3.8) is 0 Å². The highest BCUT2D eigenvalue weighted by molar-refractivity contribution is 7.99. The molecule has 2 amide bonds. The van der Waals surface area contributed by atoms with Crippen LogP contribution >= 0.6 is 11.8 Å². The minimum atomic E-state index is -1.20. The van der Waals surface area contributed by atoms with E-state index in [-0.39, 0.29) is 19.0 Å². The normalized spacial score (nSPS) is 30.4. The Hall–Kier alpha value is -2.36. The average molecular weight is 409 g/mol. The zero-order valence-corrected chi connectivity index (χ0v) is 15.8. The molecule has 2 bridgehead atoms. The molecule has 4 aliphatic rings. The van der Waals surface area contributed by atoms with Crippen molar-refractivity contribution in [2.75, 3.05) is 34.5 Å². The van der Waals surface area contributed by atoms with E-state index in [4.69, 9.17) is 14.6 Å². The van der Waals surface area contributed by atoms with Crippen LogP contribution in [0.5, 0.6) is 5.75 Å². The van der Waals surface area contributed by atoms with Gasteiger partial charge in [0.15, 0.2) is 0 Å². The van der Waals surface area contributed by atoms with Crippen LogP contribution in [0.15, 0.2) is 12.1 Å². The molecule has 0 aromatic heterocycles. The van der Waals surface area contributed by atoms with Crippen molar-refractivity contribution in [1.82, 2.24) is 5.32 Å². The molecule has 3 fully saturated rings. The Labute approximate surface area is 164 Å². The van der Waals surface area contributed by atoms with E-state index in [2.05, 4.69) is 10.2 Å². The molecule has 0 aliphatic carbocycles. The van der Waals surface area contributed by atoms with Gasteiger partial charge < -0.3 is 24.8 Å². The predicted molar refractivity (Wildman–Crippen MR) is 101 cm³/mol. The van der Waals surface area contributed by atoms with E-state index in [9.17, 15) is 9.59 Å². The number of rotatable bonds is 3. The van der Waals surface area contributed by atoms with E-state index >= 15 is 4.39 Å². The number of hydrogen-bond donors (Lipinski definition) is 2. The maximum atomic E-state index is 15.1. The van der Waals surface area contributed by atoms with Gasteiger partial charge >= 0.3 is 12.2 Å². The van der Waals surface area contributed by atoms with Crippen LogP contribution in [0.3, 0.4) is 0 Å². The summed E-state index contributed by atoms with van der Waals surface area (Å²) in [5, 5.41) is 11.0. The van der Waals surface area contributed by atoms with Crippen molar-refractivity contribution in [3.05, 3.63) is 17.9 Å². The highest BCUT2D eigenvalue weighted by atomic mass is 32.2. The number of carbonyl (C=O) groups is 2. The van der Waals surface area contributed by atoms with Gasteiger partial charge in [0, 0.05) is 35.7 Å². The van der Waals surface area contributed by atoms with Crippen LogP contribution in [0.2, 0.25) is 0 Å². The number of carbonyl (C=O) groups excluding carboxylic acids is 1. The molecular formula is C18H20FN3O5S. The summed E-state index contributed by atoms with van der Waals surface area (Å²) in [5.74, 6) is 2.06. The third-order valence-electron chi connectivity index (χ3n) is 5.88. The Morgan fingerprint density at radius 3 is 2.75 bits per heavy atom. The fourth-order valence-corrected chi connectivity index (χ4v) is 5.96. The molecule has 3 saturated heterocycles. The quantitative estimate of drug-likeness (QED) is 0.791. The number of thioether (sulfide) groups is 1. The average Bonchev–Trinajstić information content (AvgIpc) is 3.11. The number of hydrogen-bond acceptors (Lipinski definition) is 6. The molecular weight excluding hydrogens is 389 g/mol. The molecule has 1 aromatic carbocycles. The van der Waals surface area contributed by atoms with E-state index in [0.29, 0.717) is 29.2 Å². The Kier molecular flexibility index (Phi) is 4.18. The van der Waals surface area contributed by atoms with E-state index in [1.807, 2.05) is 11.8 Å². The number of carboxylic acid groups (broad SMARTS) is 1. The third kappa shape index (κ3) is 2.73. The van der Waals surface area contributed by atoms with Crippen LogP contribution in [0.1, 0.15) is 12.8 Å². The van der Waals surface area contributed by atoms with Gasteiger partial charge in [-0.15, -0.1) is 0 Å². The van der Waals surface area contributed by atoms with Crippen LogP contribution in [0, 0.1) is 5.82 Å². The van der Waals surface area contributed by atoms with Gasteiger partial charge in [0.25, 0.3) is 0 Å². The second kappa shape index (κ2) is 6.61. The number of benzene rings is 1. The van der Waals surface area contributed by atoms with E-state index in [1.54, 1.807) is 6.07 Å². The highest BCUT2D eigenvalue weighted by Gasteiger charge is 2.47. The highest BCUT2D eigenvalue weighted by Crippen LogP contribution is 2.45. The maximum absolute atomic E-state index is 15.1. The number of amides is 2. The van der Waals surface area contributed by atoms with Crippen molar-refractivity contribution in [2.45, 2.75) is 37.1 Å². The van der Waals surface area contributed by atoms with Gasteiger partial charge in [0.05, 0.1) is 17.9 Å². The summed E-state index contributed by atoms with van der Waals surface area (Å²) in [7, 11) is 0. The van der Waals surface area contributed by atoms with Crippen LogP contribution in [-0.2, 0) is 4.74 Å². The molecule has 0 spiro atoms. The third-order valence-corrected chi connectivity index (χ3v) is 7.12. The van der Waals surface area contributed by atoms with Gasteiger partial charge in [-0.1, -0.05) is 0 Å². The van der Waals surface area contributed by atoms with Crippen LogP contribution in [-0.4, -0.2) is 66.2 Å². The van der Waals surface area contributed by atoms with Gasteiger partial charge in [-0.05, 0) is 12.8 Å². The Balaban J connectivity index is 1.45. The predicted octanol–water partition coefficient (Wildman–Crippen LogP) is 2.26. The first kappa shape index (κ1) is 17.7. The van der Waals surface area contributed by atoms with Crippen LogP contribution < -0.4 is 19.9 Å². The standard InChI is InChI=1S/C18H20FN3O5S/c19-11-3-13-15(4-12(11)21-9-1-2-10(21)8-28-7-9)26-6-14-16(5-20-17(23)24)27-18(25)22(13)14/h3-4,9-10,14,16,20H,1-2,5-8H2,(H,23,24)/t9-,10+,14-,16-/m0/s1. The first-order chi connectivity index (χ1) is 13.5. The van der Waals surface area contributed by atoms with E-state index in [0.717, 1.165) is 24.3 Å². The van der Waals surface area contributed by atoms with Crippen molar-refractivity contribution in [1.29, 1.82) is 0 Å². The van der Waals surface area contributed by atoms with Gasteiger partial charge in [-0.2, -0.15) is 11.8 Å². The molecule has 1 aromatic rings. The lowest BCUT2D eigenvalue weighted by atomic mass is 10.1. The Morgan fingerprint density at radius 1 is 1.29 bits per heavy atom. The molecule has 0 radical (unpaired) electrons. The summed E-state index contributed by atoms with van der Waals surface area (Å²) in [5.41, 5.74) is 0.862. The van der Waals surface area contributed by atoms with E-state index < -0.39 is 24.3 Å². The molecule has 5 rings (SSSR count). The van der Waals surface area contributed by atoms with Gasteiger partial charge in [-0.25, -0.2) is 14.0 Å². The van der Waals surface area contributed by atoms with Crippen molar-refractivity contribution < 1.29 is 28.6 Å². The zero-order chi connectivity index (χ0) is 19.4. The molecule has 4 aliphatic heterocycles. The summed E-state index contributed by atoms with van der Waals surface area (Å²) in [6.45, 7) is 0.120. The zero-order valence-electron chi connectivity index (χ0n) is 15.0. The molecule has 28 heavy (non-hydrogen) atoms. The molecule has 10 heteroatoms. The second-order valence-corrected chi connectivity index (χ2v) is 8.53. The lowest BCUT2D eigenvalue weighted by molar-refractivity contribution is 0.117. The first-order valence-corrected chi connectivity index (χ1v) is 10.5. The van der Waals surface area contributed by atoms with Crippen molar-refractivity contribution in [2.24, 2.45) is 0 Å². The fourth-order valence-electron chi connectivity index (χ4n) is 4.62. The van der Waals surface area contributed by atoms with Crippen molar-refractivity contribution in [3.8, 4) is 5.75 Å². The van der Waals surface area contributed by atoms with Gasteiger partial charge in [0.2, 0.25) is 0 Å². The molecule has 2 N–H and O–H groups in total. The van der Waals surface area contributed by atoms with Crippen LogP contribution in [0.25, 0.3) is 0 Å². The molecule has 0 saturated carbocycles. The summed E-state index contributed by atoms with van der Waals surface area (Å²) >= 11 is 1.91. The molecule has 150 valence electrons. The number of nitrogens with zero attached hydrogens (tertiary/aromatic N) is 2. The number of nitrogens with one attached hydrogen (secondary N) is 1. The SMILES string of the molecule is O=C(O)NC[C@@H]1OC(=O)N2c3cc(F)c(N4[C@@H]5CC[C@H]4CSC5)cc3OC[C@@H]12. The Bertz CT molecular complexity index is 824. The van der Waals surface area contributed by atoms with Gasteiger partial charge in [-0.3, -0.25) is 4.90 Å². The summed E-state index contributed by atoms with van der Waals surface area (Å²) in [4.78, 5) is 26.7. The monoisotopic (exact) mass is 409 g/mol. The summed E-state index contributed by atoms with van der Waals surface area (Å²) < 4.78 is 26.2. The lowest BCUT2D eigenvalue weighted by Crippen LogP contribution is -2.48. The second-order valence-electron chi connectivity index (χ2n) is 7.46. The lowest BCUT2D eigenvalue weighted by Gasteiger charge is -2.38. The van der Waals surface area contributed by atoms with Gasteiger partial charge in [0.1, 0.15) is 30.3 Å². The summed E-state index contributed by atoms with van der Waals surface area (Å²) in [6, 6.07) is 3.19. The molecule has 4 heterocycles. The molecule has 8 nitrogen and oxygen atoms in total. The largest absolute Gasteiger partial charge is 0.489 e. The van der Waals surface area contributed by atoms with E-state index in [1.165, 1.54) is 11.0 Å². The number of ether oxygens (including phenoxy) is 2. The topological polar surface area (TPSA) is 91.3 Å². The smallest absolute Gasteiger partial charge is 0.415 e. The number of fused-ring (bicyclic) bond motifs is 5. The molecule has 0 unspecified atom stereocenters. The van der Waals surface area contributed by atoms with Crippen LogP contribution in [0.4, 0.5) is 25.4 Å². The maximum Gasteiger partial charge on any atom is 0.415 e. The minimum Gasteiger partial charge on any atom is -0.489 e. The fraction of sp³-hybridized carbons (Fsp3) is 0.556. The first-order valence-electron chi connectivity index (χ1n) is 9.32. The van der Waals surface area contributed by atoms with Crippen molar-refractivity contribution >= 4 is 35.3 Å². The minimum absolute atomic E-state index is 0.0453.